The number of carbonyl (C=O) groups excluding carboxylic acids is 2. The van der Waals surface area contributed by atoms with Crippen LogP contribution in [0.4, 0.5) is 10.2 Å². The van der Waals surface area contributed by atoms with E-state index in [4.69, 9.17) is 21.1 Å². The fraction of sp³-hybridized carbons (Fsp3) is 0.222. The topological polar surface area (TPSA) is 100 Å². The van der Waals surface area contributed by atoms with Gasteiger partial charge in [-0.15, -0.1) is 0 Å². The SMILES string of the molecule is CCOC(=O)c1cnn(C)c1NC(=O)c1ccn(COc2ccc(F)c(Cl)c2)n1. The number of anilines is 1. The van der Waals surface area contributed by atoms with E-state index in [2.05, 4.69) is 15.5 Å². The molecule has 1 amide bonds. The molecule has 1 aromatic carbocycles. The first kappa shape index (κ1) is 20.3. The number of halogens is 2. The van der Waals surface area contributed by atoms with Gasteiger partial charge in [0.1, 0.15) is 22.9 Å². The largest absolute Gasteiger partial charge is 0.471 e. The predicted octanol–water partition coefficient (Wildman–Crippen LogP) is 2.87. The van der Waals surface area contributed by atoms with Gasteiger partial charge in [0.25, 0.3) is 5.91 Å². The first-order valence-corrected chi connectivity index (χ1v) is 8.88. The highest BCUT2D eigenvalue weighted by molar-refractivity contribution is 6.30. The molecule has 11 heteroatoms. The van der Waals surface area contributed by atoms with E-state index in [1.165, 1.54) is 46.0 Å². The lowest BCUT2D eigenvalue weighted by molar-refractivity contribution is 0.0527. The summed E-state index contributed by atoms with van der Waals surface area (Å²) in [5.41, 5.74) is 0.236. The van der Waals surface area contributed by atoms with Crippen LogP contribution in [0.2, 0.25) is 5.02 Å². The molecule has 0 aliphatic heterocycles. The Kier molecular flexibility index (Phi) is 6.13. The van der Waals surface area contributed by atoms with Gasteiger partial charge in [-0.2, -0.15) is 10.2 Å². The standard InChI is InChI=1S/C18H17ClFN5O4/c1-3-28-18(27)12-9-21-24(2)16(12)22-17(26)15-6-7-25(23-15)10-29-11-4-5-14(20)13(19)8-11/h4-9H,3,10H2,1-2H3,(H,22,26). The maximum Gasteiger partial charge on any atom is 0.343 e. The molecule has 2 aromatic heterocycles. The normalized spacial score (nSPS) is 10.6. The fourth-order valence-electron chi connectivity index (χ4n) is 2.38. The first-order valence-electron chi connectivity index (χ1n) is 8.50. The van der Waals surface area contributed by atoms with Crippen molar-refractivity contribution in [3.63, 3.8) is 0 Å². The van der Waals surface area contributed by atoms with E-state index in [1.54, 1.807) is 14.0 Å². The van der Waals surface area contributed by atoms with Gasteiger partial charge in [0, 0.05) is 19.3 Å². The number of benzene rings is 1. The lowest BCUT2D eigenvalue weighted by Crippen LogP contribution is -2.18. The molecule has 3 rings (SSSR count). The molecule has 0 saturated heterocycles. The average Bonchev–Trinajstić information content (AvgIpc) is 3.30. The van der Waals surface area contributed by atoms with Crippen molar-refractivity contribution >= 4 is 29.3 Å². The van der Waals surface area contributed by atoms with Gasteiger partial charge in [-0.25, -0.2) is 13.9 Å². The fourth-order valence-corrected chi connectivity index (χ4v) is 2.55. The summed E-state index contributed by atoms with van der Waals surface area (Å²) < 4.78 is 26.3. The van der Waals surface area contributed by atoms with E-state index >= 15 is 0 Å². The van der Waals surface area contributed by atoms with Gasteiger partial charge < -0.3 is 14.8 Å². The van der Waals surface area contributed by atoms with E-state index in [1.807, 2.05) is 0 Å². The minimum Gasteiger partial charge on any atom is -0.471 e. The molecular formula is C18H17ClFN5O4. The van der Waals surface area contributed by atoms with Crippen molar-refractivity contribution in [2.45, 2.75) is 13.7 Å². The summed E-state index contributed by atoms with van der Waals surface area (Å²) in [7, 11) is 1.58. The summed E-state index contributed by atoms with van der Waals surface area (Å²) >= 11 is 5.71. The average molecular weight is 422 g/mol. The molecule has 2 heterocycles. The zero-order valence-corrected chi connectivity index (χ0v) is 16.3. The van der Waals surface area contributed by atoms with Crippen LogP contribution in [-0.2, 0) is 18.5 Å². The highest BCUT2D eigenvalue weighted by Crippen LogP contribution is 2.21. The van der Waals surface area contributed by atoms with Gasteiger partial charge in [-0.05, 0) is 25.1 Å². The lowest BCUT2D eigenvalue weighted by Gasteiger charge is -2.08. The smallest absolute Gasteiger partial charge is 0.343 e. The number of rotatable bonds is 7. The van der Waals surface area contributed by atoms with Crippen LogP contribution in [0.1, 0.15) is 27.8 Å². The summed E-state index contributed by atoms with van der Waals surface area (Å²) in [5.74, 6) is -1.13. The van der Waals surface area contributed by atoms with Crippen molar-refractivity contribution < 1.29 is 23.5 Å². The summed E-state index contributed by atoms with van der Waals surface area (Å²) in [5, 5.41) is 10.6. The van der Waals surface area contributed by atoms with Crippen LogP contribution in [0.5, 0.6) is 5.75 Å². The van der Waals surface area contributed by atoms with Gasteiger partial charge in [-0.3, -0.25) is 9.48 Å². The number of amides is 1. The maximum atomic E-state index is 13.2. The van der Waals surface area contributed by atoms with Crippen LogP contribution in [0.15, 0.2) is 36.7 Å². The Hall–Kier alpha value is -3.40. The van der Waals surface area contributed by atoms with Gasteiger partial charge in [0.15, 0.2) is 12.4 Å². The Morgan fingerprint density at radius 2 is 2.10 bits per heavy atom. The summed E-state index contributed by atoms with van der Waals surface area (Å²) in [6.07, 6.45) is 2.85. The van der Waals surface area contributed by atoms with Gasteiger partial charge in [0.2, 0.25) is 0 Å². The van der Waals surface area contributed by atoms with Crippen LogP contribution < -0.4 is 10.1 Å². The van der Waals surface area contributed by atoms with E-state index in [9.17, 15) is 14.0 Å². The second-order valence-electron chi connectivity index (χ2n) is 5.79. The van der Waals surface area contributed by atoms with Crippen molar-refractivity contribution in [3.8, 4) is 5.75 Å². The molecule has 0 spiro atoms. The summed E-state index contributed by atoms with van der Waals surface area (Å²) in [6, 6.07) is 5.44. The first-order chi connectivity index (χ1) is 13.9. The quantitative estimate of drug-likeness (QED) is 0.589. The number of aromatic nitrogens is 4. The Bertz CT molecular complexity index is 1050. The number of hydrogen-bond donors (Lipinski definition) is 1. The molecule has 152 valence electrons. The Labute approximate surface area is 170 Å². The Balaban J connectivity index is 1.66. The third-order valence-corrected chi connectivity index (χ3v) is 4.08. The molecule has 0 saturated carbocycles. The highest BCUT2D eigenvalue weighted by atomic mass is 35.5. The van der Waals surface area contributed by atoms with Crippen molar-refractivity contribution in [1.82, 2.24) is 19.6 Å². The maximum absolute atomic E-state index is 13.2. The van der Waals surface area contributed by atoms with Gasteiger partial charge in [-0.1, -0.05) is 11.6 Å². The molecular weight excluding hydrogens is 405 g/mol. The molecule has 9 nitrogen and oxygen atoms in total. The predicted molar refractivity (Wildman–Crippen MR) is 101 cm³/mol. The molecule has 0 unspecified atom stereocenters. The zero-order valence-electron chi connectivity index (χ0n) is 15.6. The van der Waals surface area contributed by atoms with Gasteiger partial charge >= 0.3 is 5.97 Å². The van der Waals surface area contributed by atoms with E-state index in [0.717, 1.165) is 0 Å². The number of esters is 1. The minimum atomic E-state index is -0.590. The third-order valence-electron chi connectivity index (χ3n) is 3.79. The van der Waals surface area contributed by atoms with Crippen LogP contribution in [-0.4, -0.2) is 38.0 Å². The number of nitrogens with zero attached hydrogens (tertiary/aromatic N) is 4. The molecule has 1 N–H and O–H groups in total. The summed E-state index contributed by atoms with van der Waals surface area (Å²) in [4.78, 5) is 24.5. The minimum absolute atomic E-state index is 0.0188. The monoisotopic (exact) mass is 421 g/mol. The van der Waals surface area contributed by atoms with E-state index in [0.29, 0.717) is 5.75 Å². The molecule has 0 fully saturated rings. The molecule has 0 aliphatic carbocycles. The number of aryl methyl sites for hydroxylation is 1. The molecule has 0 radical (unpaired) electrons. The van der Waals surface area contributed by atoms with Gasteiger partial charge in [0.05, 0.1) is 17.8 Å². The molecule has 29 heavy (non-hydrogen) atoms. The summed E-state index contributed by atoms with van der Waals surface area (Å²) in [6.45, 7) is 1.86. The number of carbonyl (C=O) groups is 2. The van der Waals surface area contributed by atoms with Crippen LogP contribution in [0.25, 0.3) is 0 Å². The van der Waals surface area contributed by atoms with Crippen molar-refractivity contribution in [3.05, 3.63) is 58.8 Å². The number of ether oxygens (including phenoxy) is 2. The van der Waals surface area contributed by atoms with Crippen LogP contribution >= 0.6 is 11.6 Å². The Morgan fingerprint density at radius 1 is 1.31 bits per heavy atom. The van der Waals surface area contributed by atoms with Crippen molar-refractivity contribution in [2.24, 2.45) is 7.05 Å². The van der Waals surface area contributed by atoms with Crippen molar-refractivity contribution in [1.29, 1.82) is 0 Å². The molecule has 0 atom stereocenters. The molecule has 3 aromatic rings. The number of hydrogen-bond acceptors (Lipinski definition) is 6. The van der Waals surface area contributed by atoms with E-state index < -0.39 is 17.7 Å². The molecule has 0 bridgehead atoms. The number of nitrogens with one attached hydrogen (secondary N) is 1. The highest BCUT2D eigenvalue weighted by Gasteiger charge is 2.20. The second kappa shape index (κ2) is 8.74. The third kappa shape index (κ3) is 4.72. The van der Waals surface area contributed by atoms with Crippen LogP contribution in [0, 0.1) is 5.82 Å². The second-order valence-corrected chi connectivity index (χ2v) is 6.20. The zero-order chi connectivity index (χ0) is 21.0. The Morgan fingerprint density at radius 3 is 2.83 bits per heavy atom. The lowest BCUT2D eigenvalue weighted by atomic mass is 10.3. The molecule has 0 aliphatic rings. The van der Waals surface area contributed by atoms with Crippen molar-refractivity contribution in [2.75, 3.05) is 11.9 Å². The van der Waals surface area contributed by atoms with Crippen LogP contribution in [0.3, 0.4) is 0 Å². The van der Waals surface area contributed by atoms with E-state index in [-0.39, 0.29) is 35.4 Å².